The molecule has 4 heterocycles. The molecule has 0 bridgehead atoms. The first-order chi connectivity index (χ1) is 13.1. The second-order valence-electron chi connectivity index (χ2n) is 7.63. The summed E-state index contributed by atoms with van der Waals surface area (Å²) >= 11 is 0. The Bertz CT molecular complexity index is 815. The number of hydrogen-bond acceptors (Lipinski definition) is 4. The van der Waals surface area contributed by atoms with E-state index in [1.54, 1.807) is 0 Å². The molecule has 0 saturated carbocycles. The first kappa shape index (κ1) is 18.3. The van der Waals surface area contributed by atoms with Crippen molar-refractivity contribution in [3.63, 3.8) is 0 Å². The highest BCUT2D eigenvalue weighted by Gasteiger charge is 2.22. The van der Waals surface area contributed by atoms with Gasteiger partial charge in [-0.15, -0.1) is 0 Å². The van der Waals surface area contributed by atoms with Gasteiger partial charge < -0.3 is 0 Å². The predicted molar refractivity (Wildman–Crippen MR) is 96.6 cm³/mol. The Balaban J connectivity index is 1.30. The van der Waals surface area contributed by atoms with Crippen molar-refractivity contribution in [2.75, 3.05) is 13.1 Å². The SMILES string of the molecule is O=c1cc(C(F)F)ncn1CC1CCN(Cc2cc3n(n2)CCCC3)CC1. The first-order valence-electron chi connectivity index (χ1n) is 9.71. The van der Waals surface area contributed by atoms with E-state index in [2.05, 4.69) is 20.6 Å². The van der Waals surface area contributed by atoms with Crippen molar-refractivity contribution in [3.8, 4) is 0 Å². The van der Waals surface area contributed by atoms with E-state index >= 15 is 0 Å². The summed E-state index contributed by atoms with van der Waals surface area (Å²) in [7, 11) is 0. The Morgan fingerprint density at radius 3 is 2.67 bits per heavy atom. The molecule has 6 nitrogen and oxygen atoms in total. The molecule has 0 unspecified atom stereocenters. The van der Waals surface area contributed by atoms with Gasteiger partial charge in [0.2, 0.25) is 0 Å². The number of alkyl halides is 2. The van der Waals surface area contributed by atoms with Crippen LogP contribution in [0, 0.1) is 5.92 Å². The highest BCUT2D eigenvalue weighted by atomic mass is 19.3. The molecule has 146 valence electrons. The van der Waals surface area contributed by atoms with Crippen molar-refractivity contribution in [1.29, 1.82) is 0 Å². The standard InChI is InChI=1S/C19H25F2N5O/c20-19(21)17-10-18(27)25(13-22-17)11-14-4-7-24(8-5-14)12-15-9-16-3-1-2-6-26(16)23-15/h9-10,13-14,19H,1-8,11-12H2. The third-order valence-corrected chi connectivity index (χ3v) is 5.64. The van der Waals surface area contributed by atoms with Gasteiger partial charge in [-0.1, -0.05) is 0 Å². The van der Waals surface area contributed by atoms with Crippen LogP contribution in [0.1, 0.15) is 49.2 Å². The van der Waals surface area contributed by atoms with Crippen LogP contribution in [0.4, 0.5) is 8.78 Å². The molecule has 1 fully saturated rings. The van der Waals surface area contributed by atoms with Gasteiger partial charge >= 0.3 is 0 Å². The maximum Gasteiger partial charge on any atom is 0.280 e. The van der Waals surface area contributed by atoms with Crippen molar-refractivity contribution in [1.82, 2.24) is 24.2 Å². The topological polar surface area (TPSA) is 56.0 Å². The van der Waals surface area contributed by atoms with Crippen molar-refractivity contribution in [3.05, 3.63) is 45.9 Å². The van der Waals surface area contributed by atoms with Gasteiger partial charge in [0.15, 0.2) is 0 Å². The molecule has 0 spiro atoms. The van der Waals surface area contributed by atoms with Crippen LogP contribution in [0.25, 0.3) is 0 Å². The van der Waals surface area contributed by atoms with E-state index < -0.39 is 17.7 Å². The summed E-state index contributed by atoms with van der Waals surface area (Å²) in [6.45, 7) is 4.37. The summed E-state index contributed by atoms with van der Waals surface area (Å²) in [6.07, 6.45) is 4.11. The van der Waals surface area contributed by atoms with E-state index in [-0.39, 0.29) is 0 Å². The summed E-state index contributed by atoms with van der Waals surface area (Å²) in [5, 5.41) is 4.73. The average molecular weight is 377 g/mol. The van der Waals surface area contributed by atoms with Gasteiger partial charge in [-0.05, 0) is 57.2 Å². The number of piperidine rings is 1. The zero-order valence-corrected chi connectivity index (χ0v) is 15.4. The third kappa shape index (κ3) is 4.26. The van der Waals surface area contributed by atoms with E-state index in [1.807, 2.05) is 0 Å². The summed E-state index contributed by atoms with van der Waals surface area (Å²) in [6, 6.07) is 3.18. The monoisotopic (exact) mass is 377 g/mol. The lowest BCUT2D eigenvalue weighted by Gasteiger charge is -2.31. The molecule has 2 aromatic rings. The van der Waals surface area contributed by atoms with Gasteiger partial charge in [0.1, 0.15) is 5.69 Å². The molecule has 1 saturated heterocycles. The van der Waals surface area contributed by atoms with Gasteiger partial charge in [0.05, 0.1) is 12.0 Å². The van der Waals surface area contributed by atoms with E-state index in [9.17, 15) is 13.6 Å². The van der Waals surface area contributed by atoms with Crippen LogP contribution in [-0.4, -0.2) is 37.3 Å². The summed E-state index contributed by atoms with van der Waals surface area (Å²) < 4.78 is 28.8. The second-order valence-corrected chi connectivity index (χ2v) is 7.63. The van der Waals surface area contributed by atoms with Crippen LogP contribution in [0.5, 0.6) is 0 Å². The molecular formula is C19H25F2N5O. The number of likely N-dealkylation sites (tertiary alicyclic amines) is 1. The molecule has 2 aromatic heterocycles. The van der Waals surface area contributed by atoms with Crippen LogP contribution in [0.3, 0.4) is 0 Å². The Labute approximate surface area is 156 Å². The highest BCUT2D eigenvalue weighted by molar-refractivity contribution is 5.12. The minimum atomic E-state index is -2.70. The Kier molecular flexibility index (Phi) is 5.33. The Morgan fingerprint density at radius 1 is 1.15 bits per heavy atom. The minimum Gasteiger partial charge on any atom is -0.299 e. The number of aryl methyl sites for hydroxylation is 2. The summed E-state index contributed by atoms with van der Waals surface area (Å²) in [5.74, 6) is 0.369. The Hall–Kier alpha value is -2.09. The third-order valence-electron chi connectivity index (χ3n) is 5.64. The van der Waals surface area contributed by atoms with Crippen LogP contribution in [-0.2, 0) is 26.1 Å². The molecule has 0 aliphatic carbocycles. The lowest BCUT2D eigenvalue weighted by Crippen LogP contribution is -2.36. The van der Waals surface area contributed by atoms with Gasteiger partial charge in [-0.3, -0.25) is 18.9 Å². The molecule has 0 radical (unpaired) electrons. The summed E-state index contributed by atoms with van der Waals surface area (Å²) in [4.78, 5) is 18.1. The molecule has 0 amide bonds. The molecular weight excluding hydrogens is 352 g/mol. The van der Waals surface area contributed by atoms with Crippen LogP contribution < -0.4 is 5.56 Å². The number of hydrogen-bond donors (Lipinski definition) is 0. The van der Waals surface area contributed by atoms with Crippen molar-refractivity contribution >= 4 is 0 Å². The first-order valence-corrected chi connectivity index (χ1v) is 9.71. The fourth-order valence-electron chi connectivity index (χ4n) is 4.09. The van der Waals surface area contributed by atoms with Crippen LogP contribution >= 0.6 is 0 Å². The molecule has 0 N–H and O–H groups in total. The lowest BCUT2D eigenvalue weighted by atomic mass is 9.96. The predicted octanol–water partition coefficient (Wildman–Crippen LogP) is 2.63. The van der Waals surface area contributed by atoms with Crippen LogP contribution in [0.15, 0.2) is 23.3 Å². The number of rotatable bonds is 5. The van der Waals surface area contributed by atoms with Crippen molar-refractivity contribution < 1.29 is 8.78 Å². The summed E-state index contributed by atoms with van der Waals surface area (Å²) in [5.41, 5.74) is 1.65. The lowest BCUT2D eigenvalue weighted by molar-refractivity contribution is 0.144. The fourth-order valence-corrected chi connectivity index (χ4v) is 4.09. The zero-order chi connectivity index (χ0) is 18.8. The van der Waals surface area contributed by atoms with Gasteiger partial charge in [0, 0.05) is 31.4 Å². The van der Waals surface area contributed by atoms with Gasteiger partial charge in [-0.25, -0.2) is 13.8 Å². The van der Waals surface area contributed by atoms with Crippen molar-refractivity contribution in [2.24, 2.45) is 5.92 Å². The smallest absolute Gasteiger partial charge is 0.280 e. The number of aromatic nitrogens is 4. The average Bonchev–Trinajstić information content (AvgIpc) is 3.07. The zero-order valence-electron chi connectivity index (χ0n) is 15.4. The highest BCUT2D eigenvalue weighted by Crippen LogP contribution is 2.22. The fraction of sp³-hybridized carbons (Fsp3) is 0.632. The van der Waals surface area contributed by atoms with E-state index in [1.165, 1.54) is 29.4 Å². The second kappa shape index (κ2) is 7.88. The van der Waals surface area contributed by atoms with E-state index in [4.69, 9.17) is 5.10 Å². The maximum absolute atomic E-state index is 12.6. The van der Waals surface area contributed by atoms with E-state index in [0.717, 1.165) is 57.2 Å². The minimum absolute atomic E-state index is 0.369. The molecule has 4 rings (SSSR count). The quantitative estimate of drug-likeness (QED) is 0.804. The molecule has 27 heavy (non-hydrogen) atoms. The maximum atomic E-state index is 12.6. The molecule has 0 aromatic carbocycles. The Morgan fingerprint density at radius 2 is 1.96 bits per heavy atom. The molecule has 8 heteroatoms. The largest absolute Gasteiger partial charge is 0.299 e. The van der Waals surface area contributed by atoms with Crippen LogP contribution in [0.2, 0.25) is 0 Å². The molecule has 2 aliphatic heterocycles. The molecule has 2 aliphatic rings. The van der Waals surface area contributed by atoms with Crippen molar-refractivity contribution in [2.45, 2.75) is 58.2 Å². The number of nitrogens with zero attached hydrogens (tertiary/aromatic N) is 5. The van der Waals surface area contributed by atoms with E-state index in [0.29, 0.717) is 12.5 Å². The normalized spacial score (nSPS) is 18.8. The van der Waals surface area contributed by atoms with Gasteiger partial charge in [0.25, 0.3) is 12.0 Å². The van der Waals surface area contributed by atoms with Gasteiger partial charge in [-0.2, -0.15) is 5.10 Å². The number of fused-ring (bicyclic) bond motifs is 1. The molecule has 0 atom stereocenters. The number of halogens is 2.